The molecule has 1 atom stereocenters. The third-order valence-electron chi connectivity index (χ3n) is 4.68. The van der Waals surface area contributed by atoms with Gasteiger partial charge >= 0.3 is 0 Å². The van der Waals surface area contributed by atoms with Crippen molar-refractivity contribution in [2.45, 2.75) is 12.8 Å². The van der Waals surface area contributed by atoms with Gasteiger partial charge in [-0.25, -0.2) is 4.39 Å². The SMILES string of the molecule is O=C1C[C@@]2(CCN(C(=O)c3sc4cccc(F)c4c3Cl)C2)C(=O)N1. The summed E-state index contributed by atoms with van der Waals surface area (Å²) in [5.74, 6) is -1.43. The van der Waals surface area contributed by atoms with E-state index in [4.69, 9.17) is 11.6 Å². The number of nitrogens with zero attached hydrogens (tertiary/aromatic N) is 1. The van der Waals surface area contributed by atoms with Gasteiger partial charge in [0.25, 0.3) is 5.91 Å². The number of hydrogen-bond donors (Lipinski definition) is 1. The van der Waals surface area contributed by atoms with Crippen molar-refractivity contribution in [2.24, 2.45) is 5.41 Å². The van der Waals surface area contributed by atoms with E-state index in [1.807, 2.05) is 0 Å². The maximum absolute atomic E-state index is 13.9. The van der Waals surface area contributed by atoms with E-state index in [1.54, 1.807) is 12.1 Å². The highest BCUT2D eigenvalue weighted by Crippen LogP contribution is 2.41. The van der Waals surface area contributed by atoms with Crippen LogP contribution in [0.25, 0.3) is 10.1 Å². The van der Waals surface area contributed by atoms with Crippen molar-refractivity contribution >= 4 is 50.7 Å². The van der Waals surface area contributed by atoms with Gasteiger partial charge in [-0.1, -0.05) is 17.7 Å². The number of imide groups is 1. The minimum Gasteiger partial charge on any atom is -0.337 e. The molecule has 2 aromatic rings. The maximum Gasteiger partial charge on any atom is 0.265 e. The number of halogens is 2. The summed E-state index contributed by atoms with van der Waals surface area (Å²) in [4.78, 5) is 38.1. The van der Waals surface area contributed by atoms with Crippen LogP contribution < -0.4 is 5.32 Å². The molecule has 4 rings (SSSR count). The smallest absolute Gasteiger partial charge is 0.265 e. The summed E-state index contributed by atoms with van der Waals surface area (Å²) in [5.41, 5.74) is -0.832. The van der Waals surface area contributed by atoms with E-state index in [-0.39, 0.29) is 46.0 Å². The maximum atomic E-state index is 13.9. The lowest BCUT2D eigenvalue weighted by molar-refractivity contribution is -0.128. The van der Waals surface area contributed by atoms with Gasteiger partial charge in [-0.2, -0.15) is 0 Å². The predicted molar refractivity (Wildman–Crippen MR) is 87.5 cm³/mol. The third-order valence-corrected chi connectivity index (χ3v) is 6.31. The molecule has 1 aromatic carbocycles. The van der Waals surface area contributed by atoms with Crippen molar-refractivity contribution in [3.8, 4) is 0 Å². The number of amides is 3. The first-order valence-corrected chi connectivity index (χ1v) is 8.61. The van der Waals surface area contributed by atoms with Crippen molar-refractivity contribution in [1.29, 1.82) is 0 Å². The Kier molecular flexibility index (Phi) is 3.40. The standard InChI is InChI=1S/C16H12ClFN2O3S/c17-12-11-8(18)2-1-3-9(11)24-13(12)14(22)20-5-4-16(7-20)6-10(21)19-15(16)23/h1-3H,4-7H2,(H,19,21,23)/t16-/m1/s1. The van der Waals surface area contributed by atoms with Crippen LogP contribution in [0.3, 0.4) is 0 Å². The molecule has 3 amide bonds. The van der Waals surface area contributed by atoms with Crippen LogP contribution in [0.15, 0.2) is 18.2 Å². The van der Waals surface area contributed by atoms with E-state index >= 15 is 0 Å². The zero-order valence-electron chi connectivity index (χ0n) is 12.4. The van der Waals surface area contributed by atoms with Crippen LogP contribution in [0.4, 0.5) is 4.39 Å². The Bertz CT molecular complexity index is 912. The van der Waals surface area contributed by atoms with Crippen molar-refractivity contribution in [1.82, 2.24) is 10.2 Å². The Labute approximate surface area is 145 Å². The number of likely N-dealkylation sites (tertiary alicyclic amines) is 1. The van der Waals surface area contributed by atoms with Crippen LogP contribution in [-0.4, -0.2) is 35.7 Å². The lowest BCUT2D eigenvalue weighted by Gasteiger charge is -2.20. The van der Waals surface area contributed by atoms with Crippen molar-refractivity contribution in [2.75, 3.05) is 13.1 Å². The van der Waals surface area contributed by atoms with E-state index in [0.717, 1.165) is 11.3 Å². The second-order valence-corrected chi connectivity index (χ2v) is 7.60. The van der Waals surface area contributed by atoms with Crippen LogP contribution in [0, 0.1) is 11.2 Å². The van der Waals surface area contributed by atoms with Crippen molar-refractivity contribution < 1.29 is 18.8 Å². The first-order valence-electron chi connectivity index (χ1n) is 7.41. The summed E-state index contributed by atoms with van der Waals surface area (Å²) in [6.45, 7) is 0.545. The van der Waals surface area contributed by atoms with E-state index < -0.39 is 11.2 Å². The van der Waals surface area contributed by atoms with Crippen LogP contribution >= 0.6 is 22.9 Å². The number of carbonyl (C=O) groups excluding carboxylic acids is 3. The Balaban J connectivity index is 1.66. The van der Waals surface area contributed by atoms with Crippen LogP contribution in [0.5, 0.6) is 0 Å². The highest BCUT2D eigenvalue weighted by Gasteiger charge is 2.52. The van der Waals surface area contributed by atoms with Crippen molar-refractivity contribution in [3.63, 3.8) is 0 Å². The van der Waals surface area contributed by atoms with E-state index in [1.165, 1.54) is 11.0 Å². The van der Waals surface area contributed by atoms with E-state index in [9.17, 15) is 18.8 Å². The van der Waals surface area contributed by atoms with Gasteiger partial charge in [-0.3, -0.25) is 19.7 Å². The van der Waals surface area contributed by atoms with Gasteiger partial charge in [0, 0.05) is 29.6 Å². The van der Waals surface area contributed by atoms with Gasteiger partial charge in [-0.05, 0) is 18.6 Å². The summed E-state index contributed by atoms with van der Waals surface area (Å²) < 4.78 is 14.5. The molecule has 0 aliphatic carbocycles. The molecule has 1 aromatic heterocycles. The molecule has 2 fully saturated rings. The molecular weight excluding hydrogens is 355 g/mol. The molecule has 24 heavy (non-hydrogen) atoms. The average Bonchev–Trinajstić information content (AvgIpc) is 3.17. The largest absolute Gasteiger partial charge is 0.337 e. The molecule has 1 spiro atoms. The number of benzene rings is 1. The fourth-order valence-electron chi connectivity index (χ4n) is 3.42. The van der Waals surface area contributed by atoms with Crippen LogP contribution in [-0.2, 0) is 9.59 Å². The number of fused-ring (bicyclic) bond motifs is 1. The van der Waals surface area contributed by atoms with Gasteiger partial charge in [-0.15, -0.1) is 11.3 Å². The number of rotatable bonds is 1. The molecule has 2 aliphatic heterocycles. The Morgan fingerprint density at radius 2 is 2.17 bits per heavy atom. The van der Waals surface area contributed by atoms with Gasteiger partial charge in [0.1, 0.15) is 10.7 Å². The lowest BCUT2D eigenvalue weighted by atomic mass is 9.85. The summed E-state index contributed by atoms with van der Waals surface area (Å²) in [7, 11) is 0. The summed E-state index contributed by atoms with van der Waals surface area (Å²) in [6.07, 6.45) is 0.539. The number of carbonyl (C=O) groups is 3. The van der Waals surface area contributed by atoms with E-state index in [2.05, 4.69) is 5.32 Å². The Morgan fingerprint density at radius 3 is 2.83 bits per heavy atom. The highest BCUT2D eigenvalue weighted by atomic mass is 35.5. The molecule has 2 aliphatic rings. The summed E-state index contributed by atoms with van der Waals surface area (Å²) in [5, 5.41) is 2.65. The molecule has 3 heterocycles. The first kappa shape index (κ1) is 15.5. The van der Waals surface area contributed by atoms with Gasteiger partial charge in [0.05, 0.1) is 10.4 Å². The first-order chi connectivity index (χ1) is 11.4. The molecule has 0 unspecified atom stereocenters. The monoisotopic (exact) mass is 366 g/mol. The molecule has 8 heteroatoms. The van der Waals surface area contributed by atoms with Gasteiger partial charge in [0.15, 0.2) is 0 Å². The predicted octanol–water partition coefficient (Wildman–Crippen LogP) is 2.57. The Morgan fingerprint density at radius 1 is 1.38 bits per heavy atom. The molecule has 1 N–H and O–H groups in total. The van der Waals surface area contributed by atoms with Gasteiger partial charge < -0.3 is 4.90 Å². The summed E-state index contributed by atoms with van der Waals surface area (Å²) >= 11 is 7.36. The quantitative estimate of drug-likeness (QED) is 0.789. The minimum absolute atomic E-state index is 0.102. The van der Waals surface area contributed by atoms with Crippen LogP contribution in [0.2, 0.25) is 5.02 Å². The zero-order valence-corrected chi connectivity index (χ0v) is 14.0. The number of hydrogen-bond acceptors (Lipinski definition) is 4. The molecular formula is C16H12ClFN2O3S. The topological polar surface area (TPSA) is 66.5 Å². The normalized spacial score (nSPS) is 23.5. The molecule has 0 bridgehead atoms. The molecule has 0 radical (unpaired) electrons. The fourth-order valence-corrected chi connectivity index (χ4v) is 4.94. The molecule has 2 saturated heterocycles. The van der Waals surface area contributed by atoms with Gasteiger partial charge in [0.2, 0.25) is 11.8 Å². The van der Waals surface area contributed by atoms with E-state index in [0.29, 0.717) is 17.7 Å². The average molecular weight is 367 g/mol. The fraction of sp³-hybridized carbons (Fsp3) is 0.312. The number of thiophene rings is 1. The second-order valence-electron chi connectivity index (χ2n) is 6.17. The minimum atomic E-state index is -0.832. The zero-order chi connectivity index (χ0) is 17.1. The third kappa shape index (κ3) is 2.15. The molecule has 124 valence electrons. The molecule has 5 nitrogen and oxygen atoms in total. The highest BCUT2D eigenvalue weighted by molar-refractivity contribution is 7.21. The van der Waals surface area contributed by atoms with Crippen molar-refractivity contribution in [3.05, 3.63) is 33.9 Å². The second kappa shape index (κ2) is 5.26. The number of nitrogens with one attached hydrogen (secondary N) is 1. The molecule has 0 saturated carbocycles. The Hall–Kier alpha value is -1.99. The lowest BCUT2D eigenvalue weighted by Crippen LogP contribution is -2.36. The summed E-state index contributed by atoms with van der Waals surface area (Å²) in [6, 6.07) is 4.58. The van der Waals surface area contributed by atoms with Crippen LogP contribution in [0.1, 0.15) is 22.5 Å².